The van der Waals surface area contributed by atoms with Gasteiger partial charge in [-0.2, -0.15) is 5.26 Å². The summed E-state index contributed by atoms with van der Waals surface area (Å²) in [6.45, 7) is 4.27. The van der Waals surface area contributed by atoms with Crippen LogP contribution in [0.25, 0.3) is 0 Å². The molecule has 1 aliphatic rings. The standard InChI is InChI=1S/C13H16N2OS/c1-13(2)5-10-9(11(16)6-13)4-8(7-14)12(15-10)17-3/h4,11,16H,5-6H2,1-3H3. The predicted octanol–water partition coefficient (Wildman–Crippen LogP) is 2.68. The Bertz CT molecular complexity index is 491. The van der Waals surface area contributed by atoms with Crippen LogP contribution >= 0.6 is 11.8 Å². The van der Waals surface area contributed by atoms with E-state index in [1.807, 2.05) is 6.26 Å². The van der Waals surface area contributed by atoms with Crippen LogP contribution < -0.4 is 0 Å². The highest BCUT2D eigenvalue weighted by Crippen LogP contribution is 2.41. The summed E-state index contributed by atoms with van der Waals surface area (Å²) in [5, 5.41) is 19.9. The molecular formula is C13H16N2OS. The molecule has 1 unspecified atom stereocenters. The third-order valence-corrected chi connectivity index (χ3v) is 3.86. The lowest BCUT2D eigenvalue weighted by Gasteiger charge is -2.34. The summed E-state index contributed by atoms with van der Waals surface area (Å²) >= 11 is 1.48. The second kappa shape index (κ2) is 4.32. The largest absolute Gasteiger partial charge is 0.388 e. The third kappa shape index (κ3) is 2.31. The molecule has 17 heavy (non-hydrogen) atoms. The summed E-state index contributed by atoms with van der Waals surface area (Å²) in [7, 11) is 0. The van der Waals surface area contributed by atoms with Crippen molar-refractivity contribution >= 4 is 11.8 Å². The lowest BCUT2D eigenvalue weighted by molar-refractivity contribution is 0.0978. The molecule has 2 rings (SSSR count). The summed E-state index contributed by atoms with van der Waals surface area (Å²) in [5.74, 6) is 0. The molecule has 0 aromatic carbocycles. The van der Waals surface area contributed by atoms with E-state index in [0.717, 1.165) is 29.1 Å². The number of nitrogens with zero attached hydrogens (tertiary/aromatic N) is 2. The zero-order valence-corrected chi connectivity index (χ0v) is 11.1. The van der Waals surface area contributed by atoms with Gasteiger partial charge in [0.15, 0.2) is 0 Å². The molecule has 0 radical (unpaired) electrons. The SMILES string of the molecule is CSc1nc2c(cc1C#N)C(O)CC(C)(C)C2. The fourth-order valence-corrected chi connectivity index (χ4v) is 2.90. The maximum atomic E-state index is 10.1. The molecule has 0 amide bonds. The number of aliphatic hydroxyl groups excluding tert-OH is 1. The maximum Gasteiger partial charge on any atom is 0.114 e. The Morgan fingerprint density at radius 3 is 2.88 bits per heavy atom. The topological polar surface area (TPSA) is 56.9 Å². The highest BCUT2D eigenvalue weighted by atomic mass is 32.2. The van der Waals surface area contributed by atoms with E-state index in [2.05, 4.69) is 24.9 Å². The van der Waals surface area contributed by atoms with Crippen molar-refractivity contribution in [3.8, 4) is 6.07 Å². The van der Waals surface area contributed by atoms with E-state index in [9.17, 15) is 5.11 Å². The molecule has 3 nitrogen and oxygen atoms in total. The predicted molar refractivity (Wildman–Crippen MR) is 67.8 cm³/mol. The summed E-state index contributed by atoms with van der Waals surface area (Å²) in [6.07, 6.45) is 3.01. The van der Waals surface area contributed by atoms with Gasteiger partial charge < -0.3 is 5.11 Å². The molecule has 0 aliphatic heterocycles. The van der Waals surface area contributed by atoms with Gasteiger partial charge in [0, 0.05) is 11.3 Å². The van der Waals surface area contributed by atoms with Gasteiger partial charge in [-0.15, -0.1) is 11.8 Å². The molecule has 1 atom stereocenters. The fourth-order valence-electron chi connectivity index (χ4n) is 2.37. The minimum Gasteiger partial charge on any atom is -0.388 e. The van der Waals surface area contributed by atoms with Crippen LogP contribution in [0.4, 0.5) is 0 Å². The highest BCUT2D eigenvalue weighted by Gasteiger charge is 2.32. The van der Waals surface area contributed by atoms with Crippen LogP contribution in [0.3, 0.4) is 0 Å². The number of aromatic nitrogens is 1. The molecule has 1 N–H and O–H groups in total. The van der Waals surface area contributed by atoms with Crippen LogP contribution in [0.2, 0.25) is 0 Å². The van der Waals surface area contributed by atoms with Gasteiger partial charge in [0.05, 0.1) is 11.7 Å². The minimum atomic E-state index is -0.496. The number of thioether (sulfide) groups is 1. The van der Waals surface area contributed by atoms with Gasteiger partial charge >= 0.3 is 0 Å². The van der Waals surface area contributed by atoms with Gasteiger partial charge in [-0.3, -0.25) is 0 Å². The van der Waals surface area contributed by atoms with E-state index in [-0.39, 0.29) is 5.41 Å². The van der Waals surface area contributed by atoms with Gasteiger partial charge in [-0.25, -0.2) is 4.98 Å². The van der Waals surface area contributed by atoms with Crippen molar-refractivity contribution in [2.24, 2.45) is 5.41 Å². The Morgan fingerprint density at radius 2 is 2.29 bits per heavy atom. The van der Waals surface area contributed by atoms with E-state index in [1.165, 1.54) is 11.8 Å². The number of nitriles is 1. The maximum absolute atomic E-state index is 10.1. The fraction of sp³-hybridized carbons (Fsp3) is 0.538. The average molecular weight is 248 g/mol. The molecular weight excluding hydrogens is 232 g/mol. The van der Waals surface area contributed by atoms with Crippen molar-refractivity contribution in [3.63, 3.8) is 0 Å². The van der Waals surface area contributed by atoms with Gasteiger partial charge in [-0.1, -0.05) is 13.8 Å². The van der Waals surface area contributed by atoms with Crippen molar-refractivity contribution in [3.05, 3.63) is 22.9 Å². The molecule has 1 aromatic rings. The van der Waals surface area contributed by atoms with Crippen molar-refractivity contribution in [2.45, 2.75) is 37.8 Å². The zero-order valence-electron chi connectivity index (χ0n) is 10.3. The molecule has 1 aliphatic carbocycles. The molecule has 4 heteroatoms. The Hall–Kier alpha value is -1.05. The van der Waals surface area contributed by atoms with Gasteiger partial charge in [0.25, 0.3) is 0 Å². The second-order valence-corrected chi connectivity index (χ2v) is 6.05. The van der Waals surface area contributed by atoms with E-state index < -0.39 is 6.10 Å². The van der Waals surface area contributed by atoms with Crippen molar-refractivity contribution in [1.82, 2.24) is 4.98 Å². The number of rotatable bonds is 1. The summed E-state index contributed by atoms with van der Waals surface area (Å²) in [5.41, 5.74) is 2.41. The van der Waals surface area contributed by atoms with Crippen LogP contribution in [-0.2, 0) is 6.42 Å². The lowest BCUT2D eigenvalue weighted by atomic mass is 9.75. The van der Waals surface area contributed by atoms with Crippen LogP contribution in [0.15, 0.2) is 11.1 Å². The molecule has 0 saturated carbocycles. The first-order valence-corrected chi connectivity index (χ1v) is 6.85. The molecule has 0 saturated heterocycles. The molecule has 90 valence electrons. The normalized spacial score (nSPS) is 21.7. The Labute approximate surface area is 106 Å². The van der Waals surface area contributed by atoms with E-state index in [4.69, 9.17) is 5.26 Å². The van der Waals surface area contributed by atoms with Gasteiger partial charge in [-0.05, 0) is 30.6 Å². The lowest BCUT2D eigenvalue weighted by Crippen LogP contribution is -2.26. The molecule has 1 heterocycles. The van der Waals surface area contributed by atoms with Crippen molar-refractivity contribution < 1.29 is 5.11 Å². The number of hydrogen-bond donors (Lipinski definition) is 1. The number of pyridine rings is 1. The van der Waals surface area contributed by atoms with Crippen LogP contribution in [-0.4, -0.2) is 16.3 Å². The minimum absolute atomic E-state index is 0.0727. The van der Waals surface area contributed by atoms with Crippen LogP contribution in [0.1, 0.15) is 43.2 Å². The average Bonchev–Trinajstić information content (AvgIpc) is 2.26. The first kappa shape index (κ1) is 12.4. The van der Waals surface area contributed by atoms with Crippen molar-refractivity contribution in [2.75, 3.05) is 6.26 Å². The quantitative estimate of drug-likeness (QED) is 0.776. The summed E-state index contributed by atoms with van der Waals surface area (Å²) < 4.78 is 0. The summed E-state index contributed by atoms with van der Waals surface area (Å²) in [6, 6.07) is 3.94. The van der Waals surface area contributed by atoms with E-state index in [1.54, 1.807) is 6.07 Å². The molecule has 0 fully saturated rings. The molecule has 1 aromatic heterocycles. The van der Waals surface area contributed by atoms with Crippen molar-refractivity contribution in [1.29, 1.82) is 5.26 Å². The first-order valence-electron chi connectivity index (χ1n) is 5.63. The third-order valence-electron chi connectivity index (χ3n) is 3.16. The Morgan fingerprint density at radius 1 is 1.59 bits per heavy atom. The molecule has 0 spiro atoms. The van der Waals surface area contributed by atoms with Crippen LogP contribution in [0, 0.1) is 16.7 Å². The van der Waals surface area contributed by atoms with Gasteiger partial charge in [0.1, 0.15) is 11.1 Å². The zero-order chi connectivity index (χ0) is 12.6. The Balaban J connectivity index is 2.54. The molecule has 0 bridgehead atoms. The van der Waals surface area contributed by atoms with Gasteiger partial charge in [0.2, 0.25) is 0 Å². The van der Waals surface area contributed by atoms with E-state index >= 15 is 0 Å². The number of fused-ring (bicyclic) bond motifs is 1. The first-order chi connectivity index (χ1) is 7.96. The van der Waals surface area contributed by atoms with Crippen LogP contribution in [0.5, 0.6) is 0 Å². The monoisotopic (exact) mass is 248 g/mol. The smallest absolute Gasteiger partial charge is 0.114 e. The summed E-state index contributed by atoms with van der Waals surface area (Å²) in [4.78, 5) is 4.53. The number of aliphatic hydroxyl groups is 1. The highest BCUT2D eigenvalue weighted by molar-refractivity contribution is 7.98. The van der Waals surface area contributed by atoms with E-state index in [0.29, 0.717) is 5.56 Å². The Kier molecular flexibility index (Phi) is 3.15. The number of hydrogen-bond acceptors (Lipinski definition) is 4. The second-order valence-electron chi connectivity index (χ2n) is 5.25.